The molecule has 0 saturated carbocycles. The predicted molar refractivity (Wildman–Crippen MR) is 80.7 cm³/mol. The van der Waals surface area contributed by atoms with E-state index in [2.05, 4.69) is 0 Å². The van der Waals surface area contributed by atoms with Crippen molar-refractivity contribution < 1.29 is 13.9 Å². The third kappa shape index (κ3) is 3.03. The predicted octanol–water partition coefficient (Wildman–Crippen LogP) is 4.94. The van der Waals surface area contributed by atoms with Crippen LogP contribution in [0.1, 0.15) is 17.5 Å². The van der Waals surface area contributed by atoms with E-state index in [1.807, 2.05) is 54.6 Å². The number of rotatable bonds is 4. The van der Waals surface area contributed by atoms with Crippen LogP contribution in [0.25, 0.3) is 11.3 Å². The Morgan fingerprint density at radius 2 is 1.67 bits per heavy atom. The summed E-state index contributed by atoms with van der Waals surface area (Å²) >= 11 is 0. The highest BCUT2D eigenvalue weighted by atomic mass is 16.5. The Morgan fingerprint density at radius 3 is 2.38 bits per heavy atom. The number of ether oxygens (including phenoxy) is 1. The third-order valence-corrected chi connectivity index (χ3v) is 3.05. The van der Waals surface area contributed by atoms with Crippen molar-refractivity contribution in [3.63, 3.8) is 0 Å². The van der Waals surface area contributed by atoms with E-state index in [0.717, 1.165) is 17.1 Å². The second-order valence-electron chi connectivity index (χ2n) is 4.66. The number of ketones is 1. The molecule has 0 radical (unpaired) electrons. The van der Waals surface area contributed by atoms with E-state index in [4.69, 9.17) is 9.15 Å². The van der Waals surface area contributed by atoms with Crippen molar-refractivity contribution in [2.24, 2.45) is 0 Å². The van der Waals surface area contributed by atoms with Crippen LogP contribution in [0.4, 0.5) is 0 Å². The van der Waals surface area contributed by atoms with Crippen molar-refractivity contribution in [3.8, 4) is 22.8 Å². The molecule has 3 heteroatoms. The zero-order valence-corrected chi connectivity index (χ0v) is 11.6. The van der Waals surface area contributed by atoms with E-state index in [-0.39, 0.29) is 5.78 Å². The van der Waals surface area contributed by atoms with Crippen LogP contribution in [0.3, 0.4) is 0 Å². The molecule has 0 saturated heterocycles. The number of hydrogen-bond acceptors (Lipinski definition) is 3. The number of Topliss-reactive ketones (excluding diaryl/α,β-unsaturated/α-hetero) is 1. The molecule has 0 aliphatic rings. The van der Waals surface area contributed by atoms with Gasteiger partial charge in [0.25, 0.3) is 0 Å². The van der Waals surface area contributed by atoms with Gasteiger partial charge in [0, 0.05) is 12.5 Å². The second kappa shape index (κ2) is 5.67. The average molecular weight is 278 g/mol. The molecular formula is C18H14O3. The summed E-state index contributed by atoms with van der Waals surface area (Å²) in [5.41, 5.74) is 0.871. The van der Waals surface area contributed by atoms with Gasteiger partial charge in [-0.25, -0.2) is 0 Å². The molecule has 1 aromatic heterocycles. The largest absolute Gasteiger partial charge is 0.457 e. The first kappa shape index (κ1) is 13.2. The van der Waals surface area contributed by atoms with E-state index in [1.165, 1.54) is 6.92 Å². The Bertz CT molecular complexity index is 757. The Hall–Kier alpha value is -2.81. The van der Waals surface area contributed by atoms with Gasteiger partial charge in [0.15, 0.2) is 11.5 Å². The van der Waals surface area contributed by atoms with Gasteiger partial charge in [0.1, 0.15) is 17.3 Å². The molecule has 2 aromatic carbocycles. The lowest BCUT2D eigenvalue weighted by Gasteiger charge is -2.06. The summed E-state index contributed by atoms with van der Waals surface area (Å²) in [5.74, 6) is 2.43. The van der Waals surface area contributed by atoms with Crippen LogP contribution in [-0.4, -0.2) is 5.78 Å². The fourth-order valence-corrected chi connectivity index (χ4v) is 2.02. The molecule has 21 heavy (non-hydrogen) atoms. The maximum Gasteiger partial charge on any atom is 0.194 e. The molecule has 104 valence electrons. The smallest absolute Gasteiger partial charge is 0.194 e. The summed E-state index contributed by atoms with van der Waals surface area (Å²) in [6.45, 7) is 1.48. The molecule has 0 amide bonds. The first-order valence-electron chi connectivity index (χ1n) is 6.66. The molecule has 0 spiro atoms. The minimum Gasteiger partial charge on any atom is -0.457 e. The molecule has 0 aliphatic heterocycles. The fourth-order valence-electron chi connectivity index (χ4n) is 2.02. The molecule has 1 heterocycles. The summed E-state index contributed by atoms with van der Waals surface area (Å²) in [5, 5.41) is 0. The number of carbonyl (C=O) groups excluding carboxylic acids is 1. The van der Waals surface area contributed by atoms with E-state index < -0.39 is 0 Å². The van der Waals surface area contributed by atoms with Crippen LogP contribution >= 0.6 is 0 Å². The standard InChI is InChI=1S/C18H14O3/c1-13(19)17-10-11-18(21-17)14-6-5-9-16(12-14)20-15-7-3-2-4-8-15/h2-12H,1H3. The van der Waals surface area contributed by atoms with E-state index in [1.54, 1.807) is 12.1 Å². The van der Waals surface area contributed by atoms with Crippen LogP contribution in [0, 0.1) is 0 Å². The lowest BCUT2D eigenvalue weighted by atomic mass is 10.1. The van der Waals surface area contributed by atoms with Crippen LogP contribution in [0.2, 0.25) is 0 Å². The van der Waals surface area contributed by atoms with Gasteiger partial charge in [-0.1, -0.05) is 30.3 Å². The summed E-state index contributed by atoms with van der Waals surface area (Å²) < 4.78 is 11.3. The monoisotopic (exact) mass is 278 g/mol. The van der Waals surface area contributed by atoms with Gasteiger partial charge in [0.05, 0.1) is 0 Å². The zero-order chi connectivity index (χ0) is 14.7. The van der Waals surface area contributed by atoms with Crippen LogP contribution < -0.4 is 4.74 Å². The highest BCUT2D eigenvalue weighted by molar-refractivity contribution is 5.91. The first-order chi connectivity index (χ1) is 10.2. The minimum absolute atomic E-state index is 0.0852. The molecule has 3 aromatic rings. The van der Waals surface area contributed by atoms with Gasteiger partial charge in [-0.05, 0) is 36.4 Å². The van der Waals surface area contributed by atoms with E-state index in [0.29, 0.717) is 11.5 Å². The molecule has 0 bridgehead atoms. The highest BCUT2D eigenvalue weighted by Crippen LogP contribution is 2.28. The maximum absolute atomic E-state index is 11.3. The molecule has 0 N–H and O–H groups in total. The van der Waals surface area contributed by atoms with Crippen LogP contribution in [0.15, 0.2) is 71.1 Å². The van der Waals surface area contributed by atoms with Crippen LogP contribution in [0.5, 0.6) is 11.5 Å². The number of furan rings is 1. The van der Waals surface area contributed by atoms with Gasteiger partial charge < -0.3 is 9.15 Å². The highest BCUT2D eigenvalue weighted by Gasteiger charge is 2.09. The lowest BCUT2D eigenvalue weighted by Crippen LogP contribution is -1.86. The summed E-state index contributed by atoms with van der Waals surface area (Å²) in [7, 11) is 0. The van der Waals surface area contributed by atoms with Crippen molar-refractivity contribution in [1.29, 1.82) is 0 Å². The van der Waals surface area contributed by atoms with E-state index in [9.17, 15) is 4.79 Å². The fraction of sp³-hybridized carbons (Fsp3) is 0.0556. The van der Waals surface area contributed by atoms with Crippen LogP contribution in [-0.2, 0) is 0 Å². The van der Waals surface area contributed by atoms with Gasteiger partial charge >= 0.3 is 0 Å². The first-order valence-corrected chi connectivity index (χ1v) is 6.66. The van der Waals surface area contributed by atoms with Crippen molar-refractivity contribution in [2.45, 2.75) is 6.92 Å². The molecule has 3 nitrogen and oxygen atoms in total. The van der Waals surface area contributed by atoms with E-state index >= 15 is 0 Å². The van der Waals surface area contributed by atoms with Crippen molar-refractivity contribution in [1.82, 2.24) is 0 Å². The number of benzene rings is 2. The van der Waals surface area contributed by atoms with Crippen molar-refractivity contribution in [2.75, 3.05) is 0 Å². The molecule has 0 atom stereocenters. The molecule has 0 fully saturated rings. The Balaban J connectivity index is 1.87. The number of hydrogen-bond donors (Lipinski definition) is 0. The Labute approximate surface area is 122 Å². The Morgan fingerprint density at radius 1 is 0.905 bits per heavy atom. The normalized spacial score (nSPS) is 10.3. The third-order valence-electron chi connectivity index (χ3n) is 3.05. The number of para-hydroxylation sites is 1. The minimum atomic E-state index is -0.0852. The summed E-state index contributed by atoms with van der Waals surface area (Å²) in [4.78, 5) is 11.3. The van der Waals surface area contributed by atoms with Gasteiger partial charge in [-0.3, -0.25) is 4.79 Å². The zero-order valence-electron chi connectivity index (χ0n) is 11.6. The Kier molecular flexibility index (Phi) is 3.56. The maximum atomic E-state index is 11.3. The molecule has 3 rings (SSSR count). The topological polar surface area (TPSA) is 39.4 Å². The lowest BCUT2D eigenvalue weighted by molar-refractivity contribution is 0.0988. The molecular weight excluding hydrogens is 264 g/mol. The number of carbonyl (C=O) groups is 1. The summed E-state index contributed by atoms with van der Waals surface area (Å²) in [6.07, 6.45) is 0. The van der Waals surface area contributed by atoms with Crippen molar-refractivity contribution in [3.05, 3.63) is 72.5 Å². The van der Waals surface area contributed by atoms with Gasteiger partial charge in [0.2, 0.25) is 0 Å². The quantitative estimate of drug-likeness (QED) is 0.634. The average Bonchev–Trinajstić information content (AvgIpc) is 2.99. The SMILES string of the molecule is CC(=O)c1ccc(-c2cccc(Oc3ccccc3)c2)o1. The van der Waals surface area contributed by atoms with Gasteiger partial charge in [-0.2, -0.15) is 0 Å². The molecule has 0 aliphatic carbocycles. The molecule has 0 unspecified atom stereocenters. The van der Waals surface area contributed by atoms with Gasteiger partial charge in [-0.15, -0.1) is 0 Å². The summed E-state index contributed by atoms with van der Waals surface area (Å²) in [6, 6.07) is 20.6. The van der Waals surface area contributed by atoms with Crippen molar-refractivity contribution >= 4 is 5.78 Å². The second-order valence-corrected chi connectivity index (χ2v) is 4.66.